The molecule has 3 rings (SSSR count). The predicted octanol–water partition coefficient (Wildman–Crippen LogP) is 2.46. The topological polar surface area (TPSA) is 44.8 Å². The summed E-state index contributed by atoms with van der Waals surface area (Å²) in [6.07, 6.45) is -0.630. The number of hydrogen-bond donors (Lipinski definition) is 0. The molecule has 2 aromatic rings. The smallest absolute Gasteiger partial charge is 0.334 e. The van der Waals surface area contributed by atoms with Crippen LogP contribution in [0.3, 0.4) is 0 Å². The standard InChI is InChI=1S/C20H24O4Si/c1-20(2,3)25(16-10-6-4-7-11-16,17-12-8-5-9-13-17)23-15-19-22-14-18(21)24-19/h4-13,19H,14-15H2,1-3H3/t19-/m0/s1. The van der Waals surface area contributed by atoms with E-state index in [9.17, 15) is 4.79 Å². The Labute approximate surface area is 149 Å². The van der Waals surface area contributed by atoms with Gasteiger partial charge in [-0.15, -0.1) is 0 Å². The van der Waals surface area contributed by atoms with Crippen LogP contribution in [0.4, 0.5) is 0 Å². The molecule has 0 N–H and O–H groups in total. The molecule has 5 heteroatoms. The first-order chi connectivity index (χ1) is 11.9. The van der Waals surface area contributed by atoms with E-state index >= 15 is 0 Å². The number of hydrogen-bond acceptors (Lipinski definition) is 4. The second-order valence-corrected chi connectivity index (χ2v) is 11.5. The van der Waals surface area contributed by atoms with Crippen LogP contribution in [0.2, 0.25) is 5.04 Å². The summed E-state index contributed by atoms with van der Waals surface area (Å²) in [7, 11) is -2.61. The second-order valence-electron chi connectivity index (χ2n) is 7.20. The van der Waals surface area contributed by atoms with Gasteiger partial charge in [-0.2, -0.15) is 0 Å². The van der Waals surface area contributed by atoms with Gasteiger partial charge >= 0.3 is 5.97 Å². The van der Waals surface area contributed by atoms with Crippen molar-refractivity contribution in [2.75, 3.05) is 13.2 Å². The zero-order chi connectivity index (χ0) is 17.9. The van der Waals surface area contributed by atoms with Crippen molar-refractivity contribution in [1.29, 1.82) is 0 Å². The van der Waals surface area contributed by atoms with Gasteiger partial charge in [0.1, 0.15) is 6.61 Å². The van der Waals surface area contributed by atoms with Crippen LogP contribution in [0, 0.1) is 0 Å². The zero-order valence-electron chi connectivity index (χ0n) is 14.9. The van der Waals surface area contributed by atoms with Crippen molar-refractivity contribution in [3.8, 4) is 0 Å². The predicted molar refractivity (Wildman–Crippen MR) is 99.4 cm³/mol. The van der Waals surface area contributed by atoms with E-state index < -0.39 is 14.6 Å². The summed E-state index contributed by atoms with van der Waals surface area (Å²) >= 11 is 0. The molecule has 1 aliphatic heterocycles. The summed E-state index contributed by atoms with van der Waals surface area (Å²) in [6.45, 7) is 6.86. The fourth-order valence-electron chi connectivity index (χ4n) is 3.41. The Morgan fingerprint density at radius 2 is 1.52 bits per heavy atom. The summed E-state index contributed by atoms with van der Waals surface area (Å²) in [5.74, 6) is -0.337. The van der Waals surface area contributed by atoms with Crippen LogP contribution in [0.1, 0.15) is 20.8 Å². The van der Waals surface area contributed by atoms with Crippen molar-refractivity contribution in [2.45, 2.75) is 32.1 Å². The normalized spacial score (nSPS) is 18.2. The van der Waals surface area contributed by atoms with Gasteiger partial charge in [-0.05, 0) is 15.4 Å². The lowest BCUT2D eigenvalue weighted by Gasteiger charge is -2.43. The average molecular weight is 356 g/mol. The van der Waals surface area contributed by atoms with Gasteiger partial charge in [0.15, 0.2) is 0 Å². The molecule has 2 aromatic carbocycles. The lowest BCUT2D eigenvalue weighted by Crippen LogP contribution is -2.67. The number of ether oxygens (including phenoxy) is 2. The second kappa shape index (κ2) is 7.12. The Morgan fingerprint density at radius 1 is 1.00 bits per heavy atom. The van der Waals surface area contributed by atoms with E-state index in [2.05, 4.69) is 45.0 Å². The van der Waals surface area contributed by atoms with Crippen molar-refractivity contribution in [2.24, 2.45) is 0 Å². The summed E-state index contributed by atoms with van der Waals surface area (Å²) in [5, 5.41) is 2.27. The fraction of sp³-hybridized carbons (Fsp3) is 0.350. The van der Waals surface area contributed by atoms with Crippen LogP contribution in [0.25, 0.3) is 0 Å². The SMILES string of the molecule is CC(C)(C)[Si](OC[C@H]1OCC(=O)O1)(c1ccccc1)c1ccccc1. The first-order valence-electron chi connectivity index (χ1n) is 8.49. The molecular weight excluding hydrogens is 332 g/mol. The molecule has 0 saturated carbocycles. The Morgan fingerprint density at radius 3 is 1.92 bits per heavy atom. The molecule has 1 aliphatic rings. The maximum absolute atomic E-state index is 11.3. The molecule has 0 spiro atoms. The van der Waals surface area contributed by atoms with Gasteiger partial charge in [0, 0.05) is 0 Å². The maximum Gasteiger partial charge on any atom is 0.334 e. The van der Waals surface area contributed by atoms with E-state index in [0.29, 0.717) is 0 Å². The van der Waals surface area contributed by atoms with Crippen LogP contribution >= 0.6 is 0 Å². The summed E-state index contributed by atoms with van der Waals surface area (Å²) in [4.78, 5) is 11.3. The van der Waals surface area contributed by atoms with Gasteiger partial charge in [0.05, 0.1) is 6.61 Å². The molecule has 4 nitrogen and oxygen atoms in total. The molecule has 0 bridgehead atoms. The molecule has 1 saturated heterocycles. The minimum atomic E-state index is -2.61. The molecule has 0 aromatic heterocycles. The molecule has 25 heavy (non-hydrogen) atoms. The van der Waals surface area contributed by atoms with Crippen molar-refractivity contribution >= 4 is 24.7 Å². The van der Waals surface area contributed by atoms with Crippen LogP contribution in [0.15, 0.2) is 60.7 Å². The number of rotatable bonds is 5. The molecule has 1 fully saturated rings. The number of benzene rings is 2. The number of carbonyl (C=O) groups excluding carboxylic acids is 1. The third-order valence-corrected chi connectivity index (χ3v) is 9.51. The van der Waals surface area contributed by atoms with E-state index in [1.807, 2.05) is 36.4 Å². The van der Waals surface area contributed by atoms with Crippen molar-refractivity contribution in [3.05, 3.63) is 60.7 Å². The molecule has 0 aliphatic carbocycles. The Kier molecular flexibility index (Phi) is 5.08. The molecule has 0 amide bonds. The lowest BCUT2D eigenvalue weighted by atomic mass is 10.2. The molecule has 132 valence electrons. The Balaban J connectivity index is 2.04. The molecular formula is C20H24O4Si. The highest BCUT2D eigenvalue weighted by Gasteiger charge is 2.50. The first kappa shape index (κ1) is 17.9. The number of carbonyl (C=O) groups is 1. The van der Waals surface area contributed by atoms with E-state index in [1.165, 1.54) is 10.4 Å². The highest BCUT2D eigenvalue weighted by Crippen LogP contribution is 2.37. The van der Waals surface area contributed by atoms with Crippen LogP contribution in [-0.4, -0.2) is 33.8 Å². The van der Waals surface area contributed by atoms with Crippen molar-refractivity contribution < 1.29 is 18.7 Å². The van der Waals surface area contributed by atoms with Gasteiger partial charge in [0.25, 0.3) is 8.32 Å². The first-order valence-corrected chi connectivity index (χ1v) is 10.4. The molecule has 1 heterocycles. The van der Waals surface area contributed by atoms with E-state index in [-0.39, 0.29) is 24.2 Å². The number of cyclic esters (lactones) is 1. The molecule has 1 atom stereocenters. The third kappa shape index (κ3) is 3.54. The highest BCUT2D eigenvalue weighted by molar-refractivity contribution is 6.99. The van der Waals surface area contributed by atoms with E-state index in [1.54, 1.807) is 0 Å². The van der Waals surface area contributed by atoms with Crippen molar-refractivity contribution in [3.63, 3.8) is 0 Å². The Hall–Kier alpha value is -1.95. The van der Waals surface area contributed by atoms with E-state index in [0.717, 1.165) is 0 Å². The van der Waals surface area contributed by atoms with Crippen LogP contribution in [-0.2, 0) is 18.7 Å². The number of esters is 1. The van der Waals surface area contributed by atoms with Crippen LogP contribution < -0.4 is 10.4 Å². The lowest BCUT2D eigenvalue weighted by molar-refractivity contribution is -0.145. The highest BCUT2D eigenvalue weighted by atomic mass is 28.4. The van der Waals surface area contributed by atoms with Gasteiger partial charge < -0.3 is 13.9 Å². The quantitative estimate of drug-likeness (QED) is 0.610. The van der Waals surface area contributed by atoms with Crippen molar-refractivity contribution in [1.82, 2.24) is 0 Å². The fourth-order valence-corrected chi connectivity index (χ4v) is 7.95. The minimum Gasteiger partial charge on any atom is -0.432 e. The average Bonchev–Trinajstić information content (AvgIpc) is 3.02. The zero-order valence-corrected chi connectivity index (χ0v) is 15.9. The minimum absolute atomic E-state index is 0.00518. The van der Waals surface area contributed by atoms with E-state index in [4.69, 9.17) is 13.9 Å². The maximum atomic E-state index is 11.3. The monoisotopic (exact) mass is 356 g/mol. The molecule has 0 radical (unpaired) electrons. The summed E-state index contributed by atoms with van der Waals surface area (Å²) in [5.41, 5.74) is 0. The van der Waals surface area contributed by atoms with Gasteiger partial charge in [-0.3, -0.25) is 0 Å². The largest absolute Gasteiger partial charge is 0.432 e. The summed E-state index contributed by atoms with van der Waals surface area (Å²) in [6, 6.07) is 20.7. The van der Waals surface area contributed by atoms with Gasteiger partial charge in [-0.1, -0.05) is 81.4 Å². The van der Waals surface area contributed by atoms with Gasteiger partial charge in [-0.25, -0.2) is 4.79 Å². The Bertz CT molecular complexity index is 670. The summed E-state index contributed by atoms with van der Waals surface area (Å²) < 4.78 is 17.2. The third-order valence-electron chi connectivity index (χ3n) is 4.50. The van der Waals surface area contributed by atoms with Gasteiger partial charge in [0.2, 0.25) is 6.29 Å². The molecule has 0 unspecified atom stereocenters. The van der Waals surface area contributed by atoms with Crippen LogP contribution in [0.5, 0.6) is 0 Å².